The molecule has 0 rings (SSSR count). The monoisotopic (exact) mass is 581 g/mol. The molecule has 0 aliphatic rings. The number of carbonyl (C=O) groups excluding carboxylic acids is 5. The molecule has 1 atom stereocenters. The van der Waals surface area contributed by atoms with Gasteiger partial charge in [0.05, 0.1) is 25.9 Å². The maximum Gasteiger partial charge on any atom is 0.490 e. The maximum absolute atomic E-state index is 12.6. The van der Waals surface area contributed by atoms with Crippen molar-refractivity contribution < 1.29 is 51.8 Å². The molecular weight excluding hydrogens is 543 g/mol. The molecule has 0 aromatic heterocycles. The summed E-state index contributed by atoms with van der Waals surface area (Å²) >= 11 is 0. The van der Waals surface area contributed by atoms with Crippen LogP contribution in [0.2, 0.25) is 0 Å². The first-order chi connectivity index (χ1) is 18.5. The van der Waals surface area contributed by atoms with E-state index in [0.717, 1.165) is 17.7 Å². The number of hydrogen-bond donors (Lipinski definition) is 5. The average molecular weight is 582 g/mol. The van der Waals surface area contributed by atoms with Crippen LogP contribution in [-0.2, 0) is 33.5 Å². The van der Waals surface area contributed by atoms with Crippen molar-refractivity contribution in [2.45, 2.75) is 51.7 Å². The van der Waals surface area contributed by atoms with Gasteiger partial charge in [-0.2, -0.15) is 13.2 Å². The number of rotatable bonds is 15. The fourth-order valence-corrected chi connectivity index (χ4v) is 2.73. The molecule has 6 N–H and O–H groups in total. The molecule has 0 spiro atoms. The molecule has 0 fully saturated rings. The van der Waals surface area contributed by atoms with Crippen LogP contribution in [0.4, 0.5) is 13.2 Å². The minimum atomic E-state index is -5.08. The maximum atomic E-state index is 12.6. The molecule has 0 aromatic rings. The van der Waals surface area contributed by atoms with E-state index in [1.165, 1.54) is 26.3 Å². The first-order valence-electron chi connectivity index (χ1n) is 12.1. The van der Waals surface area contributed by atoms with E-state index in [-0.39, 0.29) is 37.5 Å². The minimum absolute atomic E-state index is 0.140. The third-order valence-electron chi connectivity index (χ3n) is 5.16. The number of methoxy groups -OCH3 is 1. The van der Waals surface area contributed by atoms with E-state index < -0.39 is 41.9 Å². The van der Waals surface area contributed by atoms with Gasteiger partial charge in [0.2, 0.25) is 17.7 Å². The first kappa shape index (κ1) is 38.2. The molecule has 13 nitrogen and oxygen atoms in total. The Morgan fingerprint density at radius 2 is 1.65 bits per heavy atom. The van der Waals surface area contributed by atoms with Crippen LogP contribution in [0.15, 0.2) is 24.4 Å². The summed E-state index contributed by atoms with van der Waals surface area (Å²) < 4.78 is 36.2. The zero-order valence-corrected chi connectivity index (χ0v) is 22.9. The standard InChI is InChI=1S/C22H37N5O6.C2HF3O2/c1-6-16(7-2)13-24-19(29)14-27(4)22(32)15(3)25-21(31)17(26-18(28)12-23)10-8-9-11-20(30)33-5;3-2(4,5)1(6)7/h9,11,16-17H,3,6-8,10,12-14,23H2,1-2,4-5H3,(H,24,29)(H,25,31)(H,26,28);(H,6,7)/b11-9+;/t17-;/m0./s1. The van der Waals surface area contributed by atoms with Gasteiger partial charge in [-0.3, -0.25) is 19.2 Å². The van der Waals surface area contributed by atoms with Gasteiger partial charge in [0.15, 0.2) is 0 Å². The number of esters is 1. The molecule has 16 heteroatoms. The number of ether oxygens (including phenoxy) is 1. The summed E-state index contributed by atoms with van der Waals surface area (Å²) in [4.78, 5) is 70.0. The summed E-state index contributed by atoms with van der Waals surface area (Å²) in [5.41, 5.74) is 5.05. The Hall–Kier alpha value is -3.95. The summed E-state index contributed by atoms with van der Waals surface area (Å²) in [6.07, 6.45) is -0.0978. The minimum Gasteiger partial charge on any atom is -0.475 e. The highest BCUT2D eigenvalue weighted by Gasteiger charge is 2.38. The highest BCUT2D eigenvalue weighted by Crippen LogP contribution is 2.13. The van der Waals surface area contributed by atoms with Crippen LogP contribution in [0.5, 0.6) is 0 Å². The smallest absolute Gasteiger partial charge is 0.475 e. The van der Waals surface area contributed by atoms with Crippen molar-refractivity contribution in [2.75, 3.05) is 33.8 Å². The molecule has 0 aromatic carbocycles. The van der Waals surface area contributed by atoms with Gasteiger partial charge in [-0.15, -0.1) is 0 Å². The van der Waals surface area contributed by atoms with E-state index in [4.69, 9.17) is 15.6 Å². The molecule has 0 aliphatic heterocycles. The Morgan fingerprint density at radius 1 is 1.10 bits per heavy atom. The lowest BCUT2D eigenvalue weighted by Crippen LogP contribution is -2.50. The summed E-state index contributed by atoms with van der Waals surface area (Å²) in [6, 6.07) is -1.01. The fourth-order valence-electron chi connectivity index (χ4n) is 2.73. The average Bonchev–Trinajstić information content (AvgIpc) is 2.89. The lowest BCUT2D eigenvalue weighted by molar-refractivity contribution is -0.192. The van der Waals surface area contributed by atoms with Crippen LogP contribution in [0.1, 0.15) is 39.5 Å². The lowest BCUT2D eigenvalue weighted by atomic mass is 10.0. The van der Waals surface area contributed by atoms with E-state index in [2.05, 4.69) is 27.3 Å². The number of allylic oxidation sites excluding steroid dienone is 1. The molecule has 0 heterocycles. The molecular formula is C24H38F3N5O8. The largest absolute Gasteiger partial charge is 0.490 e. The zero-order chi connectivity index (χ0) is 31.5. The quantitative estimate of drug-likeness (QED) is 0.133. The number of alkyl halides is 3. The topological polar surface area (TPSA) is 197 Å². The van der Waals surface area contributed by atoms with Crippen LogP contribution in [0.3, 0.4) is 0 Å². The van der Waals surface area contributed by atoms with E-state index in [1.807, 2.05) is 13.8 Å². The Morgan fingerprint density at radius 3 is 2.10 bits per heavy atom. The second-order valence-electron chi connectivity index (χ2n) is 8.25. The van der Waals surface area contributed by atoms with Gasteiger partial charge < -0.3 is 36.4 Å². The summed E-state index contributed by atoms with van der Waals surface area (Å²) in [6.45, 7) is 7.66. The van der Waals surface area contributed by atoms with E-state index >= 15 is 0 Å². The van der Waals surface area contributed by atoms with Crippen molar-refractivity contribution in [3.8, 4) is 0 Å². The molecule has 40 heavy (non-hydrogen) atoms. The van der Waals surface area contributed by atoms with Gasteiger partial charge in [0, 0.05) is 19.7 Å². The summed E-state index contributed by atoms with van der Waals surface area (Å²) in [5.74, 6) is -5.13. The van der Waals surface area contributed by atoms with Gasteiger partial charge in [0.1, 0.15) is 6.04 Å². The molecule has 0 saturated carbocycles. The SMILES string of the molecule is C=C(NC(=O)[C@H](CC/C=C/C(=O)OC)NC(=O)CN)C(=O)N(C)CC(=O)NCC(CC)CC.O=C(O)C(F)(F)F. The number of carboxylic acids is 1. The molecule has 0 radical (unpaired) electrons. The van der Waals surface area contributed by atoms with Crippen molar-refractivity contribution in [1.82, 2.24) is 20.9 Å². The zero-order valence-electron chi connectivity index (χ0n) is 22.9. The number of nitrogens with zero attached hydrogens (tertiary/aromatic N) is 1. The number of nitrogens with two attached hydrogens (primary N) is 1. The van der Waals surface area contributed by atoms with Crippen molar-refractivity contribution in [3.63, 3.8) is 0 Å². The fraction of sp³-hybridized carbons (Fsp3) is 0.583. The van der Waals surface area contributed by atoms with E-state index in [9.17, 15) is 37.1 Å². The van der Waals surface area contributed by atoms with Gasteiger partial charge in [-0.1, -0.05) is 39.3 Å². The number of carbonyl (C=O) groups is 6. The van der Waals surface area contributed by atoms with Gasteiger partial charge in [0.25, 0.3) is 5.91 Å². The van der Waals surface area contributed by atoms with Crippen LogP contribution in [0.25, 0.3) is 0 Å². The van der Waals surface area contributed by atoms with Crippen LogP contribution >= 0.6 is 0 Å². The van der Waals surface area contributed by atoms with Gasteiger partial charge >= 0.3 is 18.1 Å². The van der Waals surface area contributed by atoms with Crippen molar-refractivity contribution in [3.05, 3.63) is 24.4 Å². The number of hydrogen-bond acceptors (Lipinski definition) is 8. The Labute approximate surface area is 230 Å². The molecule has 228 valence electrons. The summed E-state index contributed by atoms with van der Waals surface area (Å²) in [7, 11) is 2.66. The van der Waals surface area contributed by atoms with Crippen molar-refractivity contribution in [2.24, 2.45) is 11.7 Å². The Balaban J connectivity index is 0. The van der Waals surface area contributed by atoms with Crippen LogP contribution < -0.4 is 21.7 Å². The highest BCUT2D eigenvalue weighted by atomic mass is 19.4. The predicted octanol–water partition coefficient (Wildman–Crippen LogP) is 0.213. The number of carboxylic acid groups (broad SMARTS) is 1. The third-order valence-corrected chi connectivity index (χ3v) is 5.16. The Kier molecular flexibility index (Phi) is 19.1. The Bertz CT molecular complexity index is 921. The third kappa shape index (κ3) is 17.5. The number of halogens is 3. The normalized spacial score (nSPS) is 11.5. The molecule has 0 bridgehead atoms. The second-order valence-corrected chi connectivity index (χ2v) is 8.25. The van der Waals surface area contributed by atoms with E-state index in [1.54, 1.807) is 0 Å². The lowest BCUT2D eigenvalue weighted by Gasteiger charge is -2.21. The number of nitrogens with one attached hydrogen (secondary N) is 3. The summed E-state index contributed by atoms with van der Waals surface area (Å²) in [5, 5.41) is 14.7. The van der Waals surface area contributed by atoms with Crippen molar-refractivity contribution in [1.29, 1.82) is 0 Å². The van der Waals surface area contributed by atoms with Crippen LogP contribution in [-0.4, -0.2) is 91.6 Å². The molecule has 0 saturated heterocycles. The number of aliphatic carboxylic acids is 1. The first-order valence-corrected chi connectivity index (χ1v) is 12.1. The second kappa shape index (κ2) is 20.0. The number of likely N-dealkylation sites (N-methyl/N-ethyl adjacent to an activating group) is 1. The number of amides is 4. The van der Waals surface area contributed by atoms with E-state index in [0.29, 0.717) is 12.5 Å². The highest BCUT2D eigenvalue weighted by molar-refractivity contribution is 6.00. The van der Waals surface area contributed by atoms with Gasteiger partial charge in [-0.05, 0) is 18.8 Å². The molecule has 0 aliphatic carbocycles. The predicted molar refractivity (Wildman–Crippen MR) is 137 cm³/mol. The molecule has 0 unspecified atom stereocenters. The van der Waals surface area contributed by atoms with Crippen molar-refractivity contribution >= 4 is 35.6 Å². The van der Waals surface area contributed by atoms with Gasteiger partial charge in [-0.25, -0.2) is 9.59 Å². The molecule has 4 amide bonds. The van der Waals surface area contributed by atoms with Crippen LogP contribution in [0, 0.1) is 5.92 Å².